The van der Waals surface area contributed by atoms with Crippen LogP contribution in [0.4, 0.5) is 0 Å². The van der Waals surface area contributed by atoms with E-state index >= 15 is 0 Å². The fourth-order valence-corrected chi connectivity index (χ4v) is 2.06. The first kappa shape index (κ1) is 12.0. The largest absolute Gasteiger partial charge is 0.264 e. The first-order valence-corrected chi connectivity index (χ1v) is 6.02. The molecule has 2 rings (SSSR count). The summed E-state index contributed by atoms with van der Waals surface area (Å²) in [6, 6.07) is 1.97. The standard InChI is InChI=1S/C13H14ClN3/c1-3-4-11-12(16-8-17-13(11)14)10-5-6-15-7-9(10)2/h5-8H,3-4H2,1-2H3. The predicted molar refractivity (Wildman–Crippen MR) is 69.0 cm³/mol. The van der Waals surface area contributed by atoms with Crippen LogP contribution in [-0.4, -0.2) is 15.0 Å². The Morgan fingerprint density at radius 3 is 2.82 bits per heavy atom. The van der Waals surface area contributed by atoms with Gasteiger partial charge in [-0.1, -0.05) is 24.9 Å². The monoisotopic (exact) mass is 247 g/mol. The zero-order chi connectivity index (χ0) is 12.3. The highest BCUT2D eigenvalue weighted by Gasteiger charge is 2.12. The SMILES string of the molecule is CCCc1c(Cl)ncnc1-c1ccncc1C. The lowest BCUT2D eigenvalue weighted by atomic mass is 10.0. The highest BCUT2D eigenvalue weighted by molar-refractivity contribution is 6.30. The van der Waals surface area contributed by atoms with Crippen LogP contribution in [0, 0.1) is 6.92 Å². The van der Waals surface area contributed by atoms with E-state index in [-0.39, 0.29) is 0 Å². The minimum atomic E-state index is 0.549. The van der Waals surface area contributed by atoms with Crippen LogP contribution in [0.3, 0.4) is 0 Å². The number of pyridine rings is 1. The van der Waals surface area contributed by atoms with Crippen molar-refractivity contribution in [1.29, 1.82) is 0 Å². The van der Waals surface area contributed by atoms with Gasteiger partial charge in [0.05, 0.1) is 5.69 Å². The van der Waals surface area contributed by atoms with Gasteiger partial charge in [0.2, 0.25) is 0 Å². The molecule has 0 radical (unpaired) electrons. The van der Waals surface area contributed by atoms with E-state index < -0.39 is 0 Å². The normalized spacial score (nSPS) is 10.5. The third kappa shape index (κ3) is 2.44. The van der Waals surface area contributed by atoms with Gasteiger partial charge in [0.25, 0.3) is 0 Å². The van der Waals surface area contributed by atoms with Crippen LogP contribution in [0.1, 0.15) is 24.5 Å². The Hall–Kier alpha value is -1.48. The van der Waals surface area contributed by atoms with Crippen molar-refractivity contribution in [2.24, 2.45) is 0 Å². The molecule has 0 aliphatic carbocycles. The summed E-state index contributed by atoms with van der Waals surface area (Å²) in [5.74, 6) is 0. The Labute approximate surface area is 106 Å². The van der Waals surface area contributed by atoms with Gasteiger partial charge in [0.1, 0.15) is 11.5 Å². The Kier molecular flexibility index (Phi) is 3.69. The first-order chi connectivity index (χ1) is 8.24. The van der Waals surface area contributed by atoms with Crippen molar-refractivity contribution in [2.45, 2.75) is 26.7 Å². The molecule has 17 heavy (non-hydrogen) atoms. The van der Waals surface area contributed by atoms with Gasteiger partial charge < -0.3 is 0 Å². The molecule has 0 aromatic carbocycles. The summed E-state index contributed by atoms with van der Waals surface area (Å²) in [7, 11) is 0. The second-order valence-corrected chi connectivity index (χ2v) is 4.29. The molecule has 0 aliphatic rings. The maximum Gasteiger partial charge on any atom is 0.136 e. The van der Waals surface area contributed by atoms with Crippen molar-refractivity contribution < 1.29 is 0 Å². The number of hydrogen-bond acceptors (Lipinski definition) is 3. The van der Waals surface area contributed by atoms with Gasteiger partial charge in [0.15, 0.2) is 0 Å². The molecule has 88 valence electrons. The number of rotatable bonds is 3. The Morgan fingerprint density at radius 2 is 2.12 bits per heavy atom. The van der Waals surface area contributed by atoms with Gasteiger partial charge in [-0.05, 0) is 25.0 Å². The van der Waals surface area contributed by atoms with Crippen LogP contribution in [0.5, 0.6) is 0 Å². The molecular formula is C13H14ClN3. The van der Waals surface area contributed by atoms with Crippen molar-refractivity contribution in [3.05, 3.63) is 41.1 Å². The van der Waals surface area contributed by atoms with Gasteiger partial charge >= 0.3 is 0 Å². The van der Waals surface area contributed by atoms with E-state index in [0.717, 1.165) is 35.2 Å². The average molecular weight is 248 g/mol. The molecule has 0 N–H and O–H groups in total. The Balaban J connectivity index is 2.59. The molecule has 4 heteroatoms. The number of aryl methyl sites for hydroxylation is 1. The van der Waals surface area contributed by atoms with E-state index in [1.54, 1.807) is 6.20 Å². The van der Waals surface area contributed by atoms with E-state index in [1.807, 2.05) is 19.2 Å². The molecule has 0 spiro atoms. The smallest absolute Gasteiger partial charge is 0.136 e. The topological polar surface area (TPSA) is 38.7 Å². The molecule has 0 aliphatic heterocycles. The summed E-state index contributed by atoms with van der Waals surface area (Å²) in [6.07, 6.45) is 7.02. The molecule has 3 nitrogen and oxygen atoms in total. The van der Waals surface area contributed by atoms with Crippen LogP contribution in [0.25, 0.3) is 11.3 Å². The summed E-state index contributed by atoms with van der Waals surface area (Å²) in [4.78, 5) is 12.5. The van der Waals surface area contributed by atoms with Crippen molar-refractivity contribution >= 4 is 11.6 Å². The zero-order valence-corrected chi connectivity index (χ0v) is 10.7. The highest BCUT2D eigenvalue weighted by Crippen LogP contribution is 2.28. The van der Waals surface area contributed by atoms with Crippen LogP contribution in [0.2, 0.25) is 5.15 Å². The van der Waals surface area contributed by atoms with Crippen molar-refractivity contribution in [3.8, 4) is 11.3 Å². The van der Waals surface area contributed by atoms with Crippen LogP contribution in [-0.2, 0) is 6.42 Å². The van der Waals surface area contributed by atoms with Crippen LogP contribution >= 0.6 is 11.6 Å². The summed E-state index contributed by atoms with van der Waals surface area (Å²) in [5, 5.41) is 0.549. The van der Waals surface area contributed by atoms with Crippen LogP contribution < -0.4 is 0 Å². The summed E-state index contributed by atoms with van der Waals surface area (Å²) in [6.45, 7) is 4.14. The second kappa shape index (κ2) is 5.23. The van der Waals surface area contributed by atoms with E-state index in [1.165, 1.54) is 6.33 Å². The van der Waals surface area contributed by atoms with E-state index in [9.17, 15) is 0 Å². The van der Waals surface area contributed by atoms with Crippen LogP contribution in [0.15, 0.2) is 24.8 Å². The van der Waals surface area contributed by atoms with Gasteiger partial charge in [-0.25, -0.2) is 9.97 Å². The molecule has 0 saturated carbocycles. The third-order valence-corrected chi connectivity index (χ3v) is 2.99. The zero-order valence-electron chi connectivity index (χ0n) is 9.94. The third-order valence-electron chi connectivity index (χ3n) is 2.67. The maximum absolute atomic E-state index is 6.14. The molecule has 0 saturated heterocycles. The minimum Gasteiger partial charge on any atom is -0.264 e. The molecule has 2 aromatic heterocycles. The molecule has 2 aromatic rings. The number of nitrogens with zero attached hydrogens (tertiary/aromatic N) is 3. The average Bonchev–Trinajstić information content (AvgIpc) is 2.33. The number of hydrogen-bond donors (Lipinski definition) is 0. The Morgan fingerprint density at radius 1 is 1.29 bits per heavy atom. The molecule has 0 unspecified atom stereocenters. The molecule has 2 heterocycles. The van der Waals surface area contributed by atoms with E-state index in [0.29, 0.717) is 5.15 Å². The van der Waals surface area contributed by atoms with E-state index in [4.69, 9.17) is 11.6 Å². The fraction of sp³-hybridized carbons (Fsp3) is 0.308. The highest BCUT2D eigenvalue weighted by atomic mass is 35.5. The quantitative estimate of drug-likeness (QED) is 0.780. The molecule has 0 atom stereocenters. The lowest BCUT2D eigenvalue weighted by molar-refractivity contribution is 0.903. The fourth-order valence-electron chi connectivity index (χ4n) is 1.83. The van der Waals surface area contributed by atoms with Gasteiger partial charge in [0, 0.05) is 23.5 Å². The number of halogens is 1. The molecule has 0 bridgehead atoms. The minimum absolute atomic E-state index is 0.549. The molecule has 0 fully saturated rings. The van der Waals surface area contributed by atoms with E-state index in [2.05, 4.69) is 21.9 Å². The first-order valence-electron chi connectivity index (χ1n) is 5.64. The van der Waals surface area contributed by atoms with Crippen molar-refractivity contribution in [3.63, 3.8) is 0 Å². The predicted octanol–water partition coefficient (Wildman–Crippen LogP) is 3.45. The van der Waals surface area contributed by atoms with Gasteiger partial charge in [-0.3, -0.25) is 4.98 Å². The Bertz CT molecular complexity index is 526. The maximum atomic E-state index is 6.14. The lowest BCUT2D eigenvalue weighted by Gasteiger charge is -2.10. The number of aromatic nitrogens is 3. The van der Waals surface area contributed by atoms with Gasteiger partial charge in [-0.2, -0.15) is 0 Å². The van der Waals surface area contributed by atoms with Crippen molar-refractivity contribution in [2.75, 3.05) is 0 Å². The summed E-state index contributed by atoms with van der Waals surface area (Å²) in [5.41, 5.74) is 4.12. The molecule has 0 amide bonds. The summed E-state index contributed by atoms with van der Waals surface area (Å²) < 4.78 is 0. The van der Waals surface area contributed by atoms with Crippen molar-refractivity contribution in [1.82, 2.24) is 15.0 Å². The van der Waals surface area contributed by atoms with Gasteiger partial charge in [-0.15, -0.1) is 0 Å². The lowest BCUT2D eigenvalue weighted by Crippen LogP contribution is -1.98. The summed E-state index contributed by atoms with van der Waals surface area (Å²) >= 11 is 6.14. The molecular weight excluding hydrogens is 234 g/mol. The second-order valence-electron chi connectivity index (χ2n) is 3.93.